The van der Waals surface area contributed by atoms with Crippen molar-refractivity contribution < 1.29 is 14.3 Å². The first-order chi connectivity index (χ1) is 13.5. The molecule has 1 aliphatic rings. The third-order valence-corrected chi connectivity index (χ3v) is 6.40. The highest BCUT2D eigenvalue weighted by atomic mass is 79.9. The van der Waals surface area contributed by atoms with Crippen LogP contribution >= 0.6 is 27.3 Å². The van der Waals surface area contributed by atoms with Crippen LogP contribution in [0.25, 0.3) is 0 Å². The Morgan fingerprint density at radius 2 is 1.86 bits per heavy atom. The van der Waals surface area contributed by atoms with Gasteiger partial charge in [-0.15, -0.1) is 11.3 Å². The van der Waals surface area contributed by atoms with Gasteiger partial charge in [0.2, 0.25) is 5.91 Å². The number of ether oxygens (including phenoxy) is 1. The minimum absolute atomic E-state index is 0.0111. The van der Waals surface area contributed by atoms with E-state index in [1.54, 1.807) is 20.2 Å². The number of anilines is 1. The zero-order chi connectivity index (χ0) is 20.1. The summed E-state index contributed by atoms with van der Waals surface area (Å²) < 4.78 is 6.12. The molecule has 0 saturated carbocycles. The summed E-state index contributed by atoms with van der Waals surface area (Å²) in [6.07, 6.45) is 0.896. The van der Waals surface area contributed by atoms with Crippen LogP contribution in [0, 0.1) is 0 Å². The number of rotatable bonds is 5. The Morgan fingerprint density at radius 1 is 1.11 bits per heavy atom. The zero-order valence-corrected chi connectivity index (χ0v) is 18.5. The topological polar surface area (TPSA) is 53.1 Å². The maximum atomic E-state index is 12.7. The summed E-state index contributed by atoms with van der Waals surface area (Å²) in [5, 5.41) is 0. The second-order valence-electron chi connectivity index (χ2n) is 6.68. The molecule has 8 heteroatoms. The molecule has 28 heavy (non-hydrogen) atoms. The predicted octanol–water partition coefficient (Wildman–Crippen LogP) is 3.33. The Bertz CT molecular complexity index is 824. The number of carbonyl (C=O) groups is 2. The molecule has 0 spiro atoms. The number of likely N-dealkylation sites (N-methyl/N-ethyl adjacent to an activating group) is 1. The van der Waals surface area contributed by atoms with Crippen LogP contribution < -0.4 is 9.64 Å². The molecule has 1 saturated heterocycles. The lowest BCUT2D eigenvalue weighted by atomic mass is 10.2. The molecule has 1 fully saturated rings. The highest BCUT2D eigenvalue weighted by Crippen LogP contribution is 2.23. The summed E-state index contributed by atoms with van der Waals surface area (Å²) >= 11 is 4.74. The Kier molecular flexibility index (Phi) is 6.96. The smallest absolute Gasteiger partial charge is 0.264 e. The van der Waals surface area contributed by atoms with Crippen molar-refractivity contribution in [1.29, 1.82) is 0 Å². The van der Waals surface area contributed by atoms with Crippen molar-refractivity contribution in [2.24, 2.45) is 0 Å². The van der Waals surface area contributed by atoms with E-state index in [2.05, 4.69) is 20.8 Å². The van der Waals surface area contributed by atoms with Crippen molar-refractivity contribution in [3.63, 3.8) is 0 Å². The predicted molar refractivity (Wildman–Crippen MR) is 115 cm³/mol. The van der Waals surface area contributed by atoms with Gasteiger partial charge >= 0.3 is 0 Å². The maximum Gasteiger partial charge on any atom is 0.264 e. The average Bonchev–Trinajstić information content (AvgIpc) is 2.99. The van der Waals surface area contributed by atoms with Crippen LogP contribution in [0.2, 0.25) is 0 Å². The Balaban J connectivity index is 1.55. The van der Waals surface area contributed by atoms with Crippen LogP contribution in [0.4, 0.5) is 5.69 Å². The van der Waals surface area contributed by atoms with Crippen molar-refractivity contribution in [2.75, 3.05) is 51.8 Å². The van der Waals surface area contributed by atoms with Gasteiger partial charge in [0.15, 0.2) is 0 Å². The van der Waals surface area contributed by atoms with Gasteiger partial charge in [-0.1, -0.05) is 0 Å². The normalized spacial score (nSPS) is 14.5. The number of carbonyl (C=O) groups excluding carboxylic acids is 2. The molecule has 0 bridgehead atoms. The second-order valence-corrected chi connectivity index (χ2v) is 9.15. The SMILES string of the molecule is COc1ccc(N2CCCN(C(=O)CN(C)C(=O)c3ccc(Br)s3)CC2)cc1. The molecule has 3 rings (SSSR count). The lowest BCUT2D eigenvalue weighted by molar-refractivity contribution is -0.131. The summed E-state index contributed by atoms with van der Waals surface area (Å²) in [6, 6.07) is 11.6. The molecule has 0 N–H and O–H groups in total. The minimum Gasteiger partial charge on any atom is -0.497 e. The van der Waals surface area contributed by atoms with E-state index < -0.39 is 0 Å². The molecule has 0 unspecified atom stereocenters. The van der Waals surface area contributed by atoms with Gasteiger partial charge in [0, 0.05) is 38.9 Å². The van der Waals surface area contributed by atoms with Gasteiger partial charge < -0.3 is 19.4 Å². The molecular formula is C20H24BrN3O3S. The summed E-state index contributed by atoms with van der Waals surface area (Å²) in [4.78, 5) is 31.4. The van der Waals surface area contributed by atoms with E-state index in [4.69, 9.17) is 4.74 Å². The third kappa shape index (κ3) is 5.05. The molecule has 2 amide bonds. The largest absolute Gasteiger partial charge is 0.497 e. The molecule has 0 atom stereocenters. The van der Waals surface area contributed by atoms with E-state index in [0.717, 1.165) is 34.7 Å². The van der Waals surface area contributed by atoms with Gasteiger partial charge in [-0.25, -0.2) is 0 Å². The summed E-state index contributed by atoms with van der Waals surface area (Å²) in [5.74, 6) is 0.697. The molecule has 1 aromatic heterocycles. The van der Waals surface area contributed by atoms with E-state index in [1.165, 1.54) is 16.2 Å². The lowest BCUT2D eigenvalue weighted by Crippen LogP contribution is -2.42. The number of benzene rings is 1. The number of halogens is 1. The molecule has 1 aromatic carbocycles. The molecule has 6 nitrogen and oxygen atoms in total. The van der Waals surface area contributed by atoms with Gasteiger partial charge in [0.25, 0.3) is 5.91 Å². The number of thiophene rings is 1. The quantitative estimate of drug-likeness (QED) is 0.679. The van der Waals surface area contributed by atoms with Gasteiger partial charge in [0.05, 0.1) is 22.3 Å². The molecule has 0 radical (unpaired) electrons. The Hall–Kier alpha value is -2.06. The first-order valence-electron chi connectivity index (χ1n) is 9.15. The molecule has 2 heterocycles. The average molecular weight is 466 g/mol. The van der Waals surface area contributed by atoms with Crippen LogP contribution in [0.15, 0.2) is 40.2 Å². The molecule has 1 aliphatic heterocycles. The standard InChI is InChI=1S/C20H24BrN3O3S/c1-22(20(26)17-8-9-18(21)28-17)14-19(25)24-11-3-10-23(12-13-24)15-4-6-16(27-2)7-5-15/h4-9H,3,10-14H2,1-2H3. The monoisotopic (exact) mass is 465 g/mol. The van der Waals surface area contributed by atoms with E-state index >= 15 is 0 Å². The minimum atomic E-state index is -0.126. The van der Waals surface area contributed by atoms with Crippen molar-refractivity contribution in [2.45, 2.75) is 6.42 Å². The molecular weight excluding hydrogens is 442 g/mol. The molecule has 0 aliphatic carbocycles. The first-order valence-corrected chi connectivity index (χ1v) is 10.8. The van der Waals surface area contributed by atoms with E-state index in [1.807, 2.05) is 35.2 Å². The molecule has 150 valence electrons. The van der Waals surface area contributed by atoms with Crippen LogP contribution in [-0.2, 0) is 4.79 Å². The highest BCUT2D eigenvalue weighted by Gasteiger charge is 2.23. The number of nitrogens with zero attached hydrogens (tertiary/aromatic N) is 3. The van der Waals surface area contributed by atoms with Crippen molar-refractivity contribution >= 4 is 44.8 Å². The number of methoxy groups -OCH3 is 1. The number of hydrogen-bond donors (Lipinski definition) is 0. The third-order valence-electron chi connectivity index (χ3n) is 4.79. The van der Waals surface area contributed by atoms with Gasteiger partial charge in [-0.3, -0.25) is 9.59 Å². The van der Waals surface area contributed by atoms with E-state index in [-0.39, 0.29) is 18.4 Å². The fraction of sp³-hybridized carbons (Fsp3) is 0.400. The van der Waals surface area contributed by atoms with Gasteiger partial charge in [-0.05, 0) is 58.7 Å². The fourth-order valence-electron chi connectivity index (χ4n) is 3.21. The number of amides is 2. The fourth-order valence-corrected chi connectivity index (χ4v) is 4.59. The van der Waals surface area contributed by atoms with Crippen LogP contribution in [0.5, 0.6) is 5.75 Å². The van der Waals surface area contributed by atoms with Crippen molar-refractivity contribution in [3.8, 4) is 5.75 Å². The maximum absolute atomic E-state index is 12.7. The van der Waals surface area contributed by atoms with E-state index in [0.29, 0.717) is 18.0 Å². The highest BCUT2D eigenvalue weighted by molar-refractivity contribution is 9.11. The van der Waals surface area contributed by atoms with E-state index in [9.17, 15) is 9.59 Å². The summed E-state index contributed by atoms with van der Waals surface area (Å²) in [6.45, 7) is 3.12. The van der Waals surface area contributed by atoms with Gasteiger partial charge in [0.1, 0.15) is 5.75 Å². The summed E-state index contributed by atoms with van der Waals surface area (Å²) in [7, 11) is 3.33. The Morgan fingerprint density at radius 3 is 2.50 bits per heavy atom. The second kappa shape index (κ2) is 9.43. The zero-order valence-electron chi connectivity index (χ0n) is 16.1. The van der Waals surface area contributed by atoms with Crippen LogP contribution in [0.1, 0.15) is 16.1 Å². The summed E-state index contributed by atoms with van der Waals surface area (Å²) in [5.41, 5.74) is 1.13. The van der Waals surface area contributed by atoms with Crippen LogP contribution in [-0.4, -0.2) is 68.5 Å². The number of hydrogen-bond acceptors (Lipinski definition) is 5. The molecule has 2 aromatic rings. The van der Waals surface area contributed by atoms with Crippen LogP contribution in [0.3, 0.4) is 0 Å². The van der Waals surface area contributed by atoms with Gasteiger partial charge in [-0.2, -0.15) is 0 Å². The lowest BCUT2D eigenvalue weighted by Gasteiger charge is -2.25. The Labute approximate surface area is 177 Å². The van der Waals surface area contributed by atoms with Crippen molar-refractivity contribution in [1.82, 2.24) is 9.80 Å². The first kappa shape index (κ1) is 20.7. The van der Waals surface area contributed by atoms with Crippen molar-refractivity contribution in [3.05, 3.63) is 45.1 Å².